The molecule has 0 aliphatic rings. The molecular weight excluding hydrogens is 324 g/mol. The number of rotatable bonds is 7. The fraction of sp³-hybridized carbons (Fsp3) is 0.333. The van der Waals surface area contributed by atoms with Gasteiger partial charge in [0.25, 0.3) is 0 Å². The van der Waals surface area contributed by atoms with Gasteiger partial charge in [-0.3, -0.25) is 0 Å². The van der Waals surface area contributed by atoms with Gasteiger partial charge in [-0.15, -0.1) is 0 Å². The first kappa shape index (κ1) is 18.4. The molecule has 0 bridgehead atoms. The van der Waals surface area contributed by atoms with Crippen LogP contribution in [0.3, 0.4) is 0 Å². The van der Waals surface area contributed by atoms with Crippen molar-refractivity contribution in [1.29, 1.82) is 0 Å². The number of hydrogen-bond donors (Lipinski definition) is 1. The normalized spacial score (nSPS) is 13.0. The van der Waals surface area contributed by atoms with Crippen LogP contribution < -0.4 is 9.46 Å². The third-order valence-electron chi connectivity index (χ3n) is 3.90. The highest BCUT2D eigenvalue weighted by Gasteiger charge is 2.20. The van der Waals surface area contributed by atoms with Gasteiger partial charge >= 0.3 is 0 Å². The van der Waals surface area contributed by atoms with E-state index in [-0.39, 0.29) is 17.5 Å². The van der Waals surface area contributed by atoms with E-state index in [1.807, 2.05) is 50.2 Å². The zero-order valence-corrected chi connectivity index (χ0v) is 15.3. The van der Waals surface area contributed by atoms with E-state index in [2.05, 4.69) is 4.72 Å². The van der Waals surface area contributed by atoms with Gasteiger partial charge in [0.15, 0.2) is 0 Å². The first-order chi connectivity index (χ1) is 11.3. The molecule has 0 unspecified atom stereocenters. The van der Waals surface area contributed by atoms with Crippen LogP contribution in [0.4, 0.5) is 0 Å². The summed E-state index contributed by atoms with van der Waals surface area (Å²) in [5, 5.41) is 0. The number of benzene rings is 2. The smallest absolute Gasteiger partial charge is 0.240 e. The second-order valence-electron chi connectivity index (χ2n) is 5.92. The third kappa shape index (κ3) is 4.56. The van der Waals surface area contributed by atoms with Crippen LogP contribution in [0.2, 0.25) is 0 Å². The van der Waals surface area contributed by atoms with Gasteiger partial charge in [0.1, 0.15) is 5.75 Å². The Morgan fingerprint density at radius 3 is 2.38 bits per heavy atom. The molecule has 0 saturated heterocycles. The lowest BCUT2D eigenvalue weighted by Gasteiger charge is -2.25. The Bertz CT molecular complexity index is 771. The van der Waals surface area contributed by atoms with Crippen molar-refractivity contribution in [1.82, 2.24) is 9.62 Å². The highest BCUT2D eigenvalue weighted by Crippen LogP contribution is 2.22. The van der Waals surface area contributed by atoms with Crippen LogP contribution in [0.5, 0.6) is 5.75 Å². The Hall–Kier alpha value is -1.89. The average molecular weight is 348 g/mol. The summed E-state index contributed by atoms with van der Waals surface area (Å²) in [5.41, 5.74) is 2.02. The van der Waals surface area contributed by atoms with E-state index in [9.17, 15) is 8.42 Å². The summed E-state index contributed by atoms with van der Waals surface area (Å²) in [6.07, 6.45) is 0. The number of ether oxygens (including phenoxy) is 1. The SMILES string of the molecule is COc1cccc([C@@H](CNS(=O)(=O)c2ccc(C)cc2)N(C)C)c1. The van der Waals surface area contributed by atoms with Crippen molar-refractivity contribution < 1.29 is 13.2 Å². The van der Waals surface area contributed by atoms with Crippen LogP contribution in [0.1, 0.15) is 17.2 Å². The van der Waals surface area contributed by atoms with Gasteiger partial charge in [-0.1, -0.05) is 29.8 Å². The average Bonchev–Trinajstić information content (AvgIpc) is 2.55. The second-order valence-corrected chi connectivity index (χ2v) is 7.69. The number of nitrogens with one attached hydrogen (secondary N) is 1. The van der Waals surface area contributed by atoms with E-state index in [1.54, 1.807) is 31.4 Å². The number of nitrogens with zero attached hydrogens (tertiary/aromatic N) is 1. The molecule has 6 heteroatoms. The van der Waals surface area contributed by atoms with Gasteiger partial charge in [0.05, 0.1) is 12.0 Å². The molecule has 2 aromatic carbocycles. The molecule has 0 aliphatic carbocycles. The van der Waals surface area contributed by atoms with E-state index in [1.165, 1.54) is 0 Å². The van der Waals surface area contributed by atoms with Gasteiger partial charge in [-0.05, 0) is 50.8 Å². The van der Waals surface area contributed by atoms with Gasteiger partial charge < -0.3 is 9.64 Å². The Morgan fingerprint density at radius 1 is 1.12 bits per heavy atom. The predicted molar refractivity (Wildman–Crippen MR) is 95.8 cm³/mol. The molecule has 0 aliphatic heterocycles. The van der Waals surface area contributed by atoms with Crippen molar-refractivity contribution in [2.75, 3.05) is 27.7 Å². The number of sulfonamides is 1. The minimum absolute atomic E-state index is 0.0969. The molecule has 0 aromatic heterocycles. The fourth-order valence-electron chi connectivity index (χ4n) is 2.44. The van der Waals surface area contributed by atoms with Crippen LogP contribution in [0.25, 0.3) is 0 Å². The summed E-state index contributed by atoms with van der Waals surface area (Å²) in [7, 11) is 1.92. The number of methoxy groups -OCH3 is 1. The van der Waals surface area contributed by atoms with Gasteiger partial charge in [-0.2, -0.15) is 0 Å². The molecule has 1 atom stereocenters. The molecule has 24 heavy (non-hydrogen) atoms. The highest BCUT2D eigenvalue weighted by molar-refractivity contribution is 7.89. The van der Waals surface area contributed by atoms with Gasteiger partial charge in [0, 0.05) is 12.6 Å². The first-order valence-corrected chi connectivity index (χ1v) is 9.18. The van der Waals surface area contributed by atoms with Crippen LogP contribution in [0.15, 0.2) is 53.4 Å². The molecule has 0 amide bonds. The molecule has 1 N–H and O–H groups in total. The maximum Gasteiger partial charge on any atom is 0.240 e. The Balaban J connectivity index is 2.17. The van der Waals surface area contributed by atoms with Gasteiger partial charge in [-0.25, -0.2) is 13.1 Å². The molecule has 2 rings (SSSR count). The van der Waals surface area contributed by atoms with E-state index >= 15 is 0 Å². The number of hydrogen-bond acceptors (Lipinski definition) is 4. The Morgan fingerprint density at radius 2 is 1.79 bits per heavy atom. The summed E-state index contributed by atoms with van der Waals surface area (Å²) < 4.78 is 32.9. The van der Waals surface area contributed by atoms with Crippen molar-refractivity contribution in [2.45, 2.75) is 17.9 Å². The standard InChI is InChI=1S/C18H24N2O3S/c1-14-8-10-17(11-9-14)24(21,22)19-13-18(20(2)3)15-6-5-7-16(12-15)23-4/h5-12,18-19H,13H2,1-4H3/t18-/m1/s1. The molecular formula is C18H24N2O3S. The molecule has 0 heterocycles. The zero-order valence-electron chi connectivity index (χ0n) is 14.5. The van der Waals surface area contributed by atoms with Crippen molar-refractivity contribution in [3.63, 3.8) is 0 Å². The first-order valence-electron chi connectivity index (χ1n) is 7.70. The fourth-order valence-corrected chi connectivity index (χ4v) is 3.48. The van der Waals surface area contributed by atoms with Crippen molar-refractivity contribution in [2.24, 2.45) is 0 Å². The quantitative estimate of drug-likeness (QED) is 0.835. The van der Waals surface area contributed by atoms with Crippen LogP contribution in [0, 0.1) is 6.92 Å². The van der Waals surface area contributed by atoms with Gasteiger partial charge in [0.2, 0.25) is 10.0 Å². The number of aryl methyl sites for hydroxylation is 1. The lowest BCUT2D eigenvalue weighted by molar-refractivity contribution is 0.298. The van der Waals surface area contributed by atoms with Crippen molar-refractivity contribution in [3.8, 4) is 5.75 Å². The van der Waals surface area contributed by atoms with Crippen LogP contribution in [-0.4, -0.2) is 41.1 Å². The monoisotopic (exact) mass is 348 g/mol. The number of likely N-dealkylation sites (N-methyl/N-ethyl adjacent to an activating group) is 1. The highest BCUT2D eigenvalue weighted by atomic mass is 32.2. The molecule has 130 valence electrons. The minimum Gasteiger partial charge on any atom is -0.497 e. The second kappa shape index (κ2) is 7.79. The maximum absolute atomic E-state index is 12.5. The molecule has 0 spiro atoms. The molecule has 5 nitrogen and oxygen atoms in total. The van der Waals surface area contributed by atoms with Crippen molar-refractivity contribution >= 4 is 10.0 Å². The topological polar surface area (TPSA) is 58.6 Å². The summed E-state index contributed by atoms with van der Waals surface area (Å²) >= 11 is 0. The lowest BCUT2D eigenvalue weighted by atomic mass is 10.1. The van der Waals surface area contributed by atoms with Crippen molar-refractivity contribution in [3.05, 3.63) is 59.7 Å². The molecule has 0 saturated carbocycles. The van der Waals surface area contributed by atoms with E-state index in [0.717, 1.165) is 16.9 Å². The van der Waals surface area contributed by atoms with Crippen LogP contribution in [-0.2, 0) is 10.0 Å². The zero-order chi connectivity index (χ0) is 17.7. The minimum atomic E-state index is -3.54. The molecule has 0 fully saturated rings. The van der Waals surface area contributed by atoms with E-state index in [4.69, 9.17) is 4.74 Å². The summed E-state index contributed by atoms with van der Waals surface area (Å²) in [5.74, 6) is 0.751. The molecule has 0 radical (unpaired) electrons. The predicted octanol–water partition coefficient (Wildman–Crippen LogP) is 2.58. The lowest BCUT2D eigenvalue weighted by Crippen LogP contribution is -2.34. The maximum atomic E-state index is 12.5. The van der Waals surface area contributed by atoms with E-state index < -0.39 is 10.0 Å². The Kier molecular flexibility index (Phi) is 5.99. The summed E-state index contributed by atoms with van der Waals surface area (Å²) in [4.78, 5) is 2.25. The van der Waals surface area contributed by atoms with Crippen LogP contribution >= 0.6 is 0 Å². The Labute approximate surface area is 144 Å². The summed E-state index contributed by atoms with van der Waals surface area (Å²) in [6, 6.07) is 14.4. The summed E-state index contributed by atoms with van der Waals surface area (Å²) in [6.45, 7) is 2.20. The molecule has 2 aromatic rings. The third-order valence-corrected chi connectivity index (χ3v) is 5.34. The largest absolute Gasteiger partial charge is 0.497 e. The van der Waals surface area contributed by atoms with E-state index in [0.29, 0.717) is 0 Å².